The van der Waals surface area contributed by atoms with E-state index in [0.717, 1.165) is 12.8 Å². The van der Waals surface area contributed by atoms with Gasteiger partial charge >= 0.3 is 0 Å². The number of aryl methyl sites for hydroxylation is 1. The van der Waals surface area contributed by atoms with Crippen LogP contribution in [0.1, 0.15) is 36.4 Å². The maximum atomic E-state index is 9.67. The molecule has 2 rings (SSSR count). The van der Waals surface area contributed by atoms with E-state index in [9.17, 15) is 5.11 Å². The van der Waals surface area contributed by atoms with Gasteiger partial charge in [-0.1, -0.05) is 6.92 Å². The number of hydrogen-bond acceptors (Lipinski definition) is 2. The highest BCUT2D eigenvalue weighted by Crippen LogP contribution is 2.51. The summed E-state index contributed by atoms with van der Waals surface area (Å²) in [4.78, 5) is 2.90. The topological polar surface area (TPSA) is 20.2 Å². The minimum atomic E-state index is -0.144. The van der Waals surface area contributed by atoms with Crippen LogP contribution in [-0.2, 0) is 12.8 Å². The zero-order valence-corrected chi connectivity index (χ0v) is 9.73. The van der Waals surface area contributed by atoms with Gasteiger partial charge in [-0.05, 0) is 44.7 Å². The molecule has 1 aromatic rings. The lowest BCUT2D eigenvalue weighted by molar-refractivity contribution is 0.111. The predicted octanol–water partition coefficient (Wildman–Crippen LogP) is 3.01. The van der Waals surface area contributed by atoms with Crippen LogP contribution in [0.4, 0.5) is 0 Å². The second-order valence-electron chi connectivity index (χ2n) is 4.44. The van der Waals surface area contributed by atoms with Gasteiger partial charge in [0.25, 0.3) is 0 Å². The fraction of sp³-hybridized carbons (Fsp3) is 0.667. The van der Waals surface area contributed by atoms with Gasteiger partial charge in [-0.2, -0.15) is 0 Å². The van der Waals surface area contributed by atoms with E-state index in [2.05, 4.69) is 19.1 Å². The molecule has 0 radical (unpaired) electrons. The lowest BCUT2D eigenvalue weighted by Gasteiger charge is -2.17. The first-order chi connectivity index (χ1) is 6.66. The van der Waals surface area contributed by atoms with Crippen molar-refractivity contribution in [3.8, 4) is 0 Å². The molecule has 1 fully saturated rings. The summed E-state index contributed by atoms with van der Waals surface area (Å²) in [6.45, 7) is 4.12. The van der Waals surface area contributed by atoms with Gasteiger partial charge in [0.15, 0.2) is 0 Å². The summed E-state index contributed by atoms with van der Waals surface area (Å²) < 4.78 is 0. The molecule has 1 saturated carbocycles. The van der Waals surface area contributed by atoms with Gasteiger partial charge in [0, 0.05) is 15.2 Å². The molecule has 0 aliphatic heterocycles. The molecule has 0 amide bonds. The minimum Gasteiger partial charge on any atom is -0.393 e. The molecule has 1 nitrogen and oxygen atoms in total. The van der Waals surface area contributed by atoms with Gasteiger partial charge in [-0.15, -0.1) is 11.3 Å². The van der Waals surface area contributed by atoms with E-state index < -0.39 is 0 Å². The second-order valence-corrected chi connectivity index (χ2v) is 5.69. The summed E-state index contributed by atoms with van der Waals surface area (Å²) in [7, 11) is 0. The summed E-state index contributed by atoms with van der Waals surface area (Å²) in [5.41, 5.74) is 0.232. The minimum absolute atomic E-state index is 0.144. The van der Waals surface area contributed by atoms with E-state index >= 15 is 0 Å². The van der Waals surface area contributed by atoms with Crippen molar-refractivity contribution < 1.29 is 5.11 Å². The Kier molecular flexibility index (Phi) is 2.67. The third-order valence-electron chi connectivity index (χ3n) is 3.37. The fourth-order valence-corrected chi connectivity index (χ4v) is 3.07. The highest BCUT2D eigenvalue weighted by atomic mass is 32.1. The number of rotatable bonds is 4. The van der Waals surface area contributed by atoms with Crippen molar-refractivity contribution >= 4 is 11.3 Å². The zero-order chi connectivity index (χ0) is 10.2. The van der Waals surface area contributed by atoms with Crippen LogP contribution in [0.15, 0.2) is 12.1 Å². The molecule has 14 heavy (non-hydrogen) atoms. The summed E-state index contributed by atoms with van der Waals surface area (Å²) >= 11 is 1.91. The van der Waals surface area contributed by atoms with Gasteiger partial charge < -0.3 is 5.11 Å². The normalized spacial score (nSPS) is 20.8. The Morgan fingerprint density at radius 3 is 2.50 bits per heavy atom. The van der Waals surface area contributed by atoms with Crippen molar-refractivity contribution in [3.63, 3.8) is 0 Å². The van der Waals surface area contributed by atoms with Gasteiger partial charge in [-0.25, -0.2) is 0 Å². The Morgan fingerprint density at radius 1 is 1.43 bits per heavy atom. The molecule has 1 aliphatic carbocycles. The smallest absolute Gasteiger partial charge is 0.0571 e. The third-order valence-corrected chi connectivity index (χ3v) is 4.60. The molecule has 0 saturated heterocycles. The lowest BCUT2D eigenvalue weighted by atomic mass is 9.95. The Bertz CT molecular complexity index is 310. The molecule has 1 unspecified atom stereocenters. The molecule has 0 bridgehead atoms. The van der Waals surface area contributed by atoms with E-state index in [-0.39, 0.29) is 11.5 Å². The Balaban J connectivity index is 2.04. The van der Waals surface area contributed by atoms with Crippen molar-refractivity contribution in [3.05, 3.63) is 21.9 Å². The standard InChI is InChI=1S/C12H18OS/c1-3-10-4-5-11(14-10)8-12(6-7-12)9(2)13/h4-5,9,13H,3,6-8H2,1-2H3. The van der Waals surface area contributed by atoms with Crippen LogP contribution in [-0.4, -0.2) is 11.2 Å². The average molecular weight is 210 g/mol. The summed E-state index contributed by atoms with van der Waals surface area (Å²) in [6, 6.07) is 4.45. The molecule has 1 heterocycles. The molecule has 1 N–H and O–H groups in total. The Hall–Kier alpha value is -0.340. The molecule has 2 heteroatoms. The number of thiophene rings is 1. The summed E-state index contributed by atoms with van der Waals surface area (Å²) in [5.74, 6) is 0. The SMILES string of the molecule is CCc1ccc(CC2(C(C)O)CC2)s1. The van der Waals surface area contributed by atoms with Gasteiger partial charge in [-0.3, -0.25) is 0 Å². The van der Waals surface area contributed by atoms with Crippen LogP contribution >= 0.6 is 11.3 Å². The molecule has 78 valence electrons. The first kappa shape index (κ1) is 10.2. The van der Waals surface area contributed by atoms with Crippen LogP contribution < -0.4 is 0 Å². The van der Waals surface area contributed by atoms with Crippen molar-refractivity contribution in [1.82, 2.24) is 0 Å². The van der Waals surface area contributed by atoms with E-state index in [1.165, 1.54) is 22.6 Å². The average Bonchev–Trinajstić information content (AvgIpc) is 2.78. The molecule has 0 aromatic carbocycles. The van der Waals surface area contributed by atoms with E-state index in [1.807, 2.05) is 18.3 Å². The highest BCUT2D eigenvalue weighted by Gasteiger charge is 2.46. The van der Waals surface area contributed by atoms with E-state index in [0.29, 0.717) is 0 Å². The number of aliphatic hydroxyl groups excluding tert-OH is 1. The Labute approximate surface area is 89.8 Å². The van der Waals surface area contributed by atoms with Crippen LogP contribution in [0, 0.1) is 5.41 Å². The highest BCUT2D eigenvalue weighted by molar-refractivity contribution is 7.11. The second kappa shape index (κ2) is 3.67. The van der Waals surface area contributed by atoms with Crippen LogP contribution in [0.3, 0.4) is 0 Å². The van der Waals surface area contributed by atoms with E-state index in [4.69, 9.17) is 0 Å². The number of hydrogen-bond donors (Lipinski definition) is 1. The predicted molar refractivity (Wildman–Crippen MR) is 60.7 cm³/mol. The van der Waals surface area contributed by atoms with Crippen molar-refractivity contribution in [2.75, 3.05) is 0 Å². The zero-order valence-electron chi connectivity index (χ0n) is 8.92. The largest absolute Gasteiger partial charge is 0.393 e. The van der Waals surface area contributed by atoms with Crippen molar-refractivity contribution in [2.45, 2.75) is 45.6 Å². The third kappa shape index (κ3) is 1.86. The van der Waals surface area contributed by atoms with Crippen LogP contribution in [0.5, 0.6) is 0 Å². The molecular formula is C12H18OS. The lowest BCUT2D eigenvalue weighted by Crippen LogP contribution is -2.19. The molecule has 1 atom stereocenters. The van der Waals surface area contributed by atoms with Gasteiger partial charge in [0.2, 0.25) is 0 Å². The van der Waals surface area contributed by atoms with Crippen molar-refractivity contribution in [1.29, 1.82) is 0 Å². The van der Waals surface area contributed by atoms with Crippen LogP contribution in [0.25, 0.3) is 0 Å². The van der Waals surface area contributed by atoms with Gasteiger partial charge in [0.05, 0.1) is 6.10 Å². The molecule has 0 spiro atoms. The van der Waals surface area contributed by atoms with E-state index in [1.54, 1.807) is 0 Å². The quantitative estimate of drug-likeness (QED) is 0.810. The monoisotopic (exact) mass is 210 g/mol. The fourth-order valence-electron chi connectivity index (χ4n) is 1.96. The maximum Gasteiger partial charge on any atom is 0.0571 e. The molecule has 1 aromatic heterocycles. The molecule has 1 aliphatic rings. The van der Waals surface area contributed by atoms with Crippen LogP contribution in [0.2, 0.25) is 0 Å². The van der Waals surface area contributed by atoms with Gasteiger partial charge in [0.1, 0.15) is 0 Å². The number of aliphatic hydroxyl groups is 1. The summed E-state index contributed by atoms with van der Waals surface area (Å²) in [6.07, 6.45) is 4.46. The van der Waals surface area contributed by atoms with Crippen molar-refractivity contribution in [2.24, 2.45) is 5.41 Å². The first-order valence-corrected chi connectivity index (χ1v) is 6.23. The Morgan fingerprint density at radius 2 is 2.07 bits per heavy atom. The maximum absolute atomic E-state index is 9.67. The first-order valence-electron chi connectivity index (χ1n) is 5.42. The molecular weight excluding hydrogens is 192 g/mol. The summed E-state index contributed by atoms with van der Waals surface area (Å²) in [5, 5.41) is 9.67.